The van der Waals surface area contributed by atoms with Crippen LogP contribution in [0.3, 0.4) is 0 Å². The summed E-state index contributed by atoms with van der Waals surface area (Å²) in [6.45, 7) is 5.46. The Hall–Kier alpha value is -1.10. The molecule has 164 valence electrons. The number of methoxy groups -OCH3 is 1. The highest BCUT2D eigenvalue weighted by molar-refractivity contribution is 6.63. The molecular weight excluding hydrogens is 380 g/mol. The first kappa shape index (κ1) is 26.9. The van der Waals surface area contributed by atoms with E-state index in [1.807, 2.05) is 6.92 Å². The fraction of sp³-hybridized carbons (Fsp3) is 0.864. The van der Waals surface area contributed by atoms with Crippen molar-refractivity contribution in [3.63, 3.8) is 0 Å². The highest BCUT2D eigenvalue weighted by Gasteiger charge is 2.18. The standard InChI is InChI=1S/C22H39ClO5/c1-5-6-8-15-20(28-18(3)24)16-11-14-19(21(23)25)13-10-7-9-12-17(2)22(26)27-4/h17,19-20H,5-16H2,1-4H3. The predicted octanol–water partition coefficient (Wildman–Crippen LogP) is 5.81. The Morgan fingerprint density at radius 3 is 2.00 bits per heavy atom. The van der Waals surface area contributed by atoms with Gasteiger partial charge < -0.3 is 9.47 Å². The Morgan fingerprint density at radius 1 is 0.857 bits per heavy atom. The third kappa shape index (κ3) is 14.0. The summed E-state index contributed by atoms with van der Waals surface area (Å²) in [5, 5.41) is -0.280. The van der Waals surface area contributed by atoms with Gasteiger partial charge in [0.1, 0.15) is 6.10 Å². The van der Waals surface area contributed by atoms with Crippen molar-refractivity contribution in [2.24, 2.45) is 11.8 Å². The highest BCUT2D eigenvalue weighted by atomic mass is 35.5. The molecule has 0 spiro atoms. The molecule has 0 aliphatic carbocycles. The van der Waals surface area contributed by atoms with Crippen LogP contribution in [0.2, 0.25) is 0 Å². The SMILES string of the molecule is CCCCCC(CCCC(CCCCCC(C)C(=O)OC)C(=O)Cl)OC(C)=O. The number of esters is 2. The summed E-state index contributed by atoms with van der Waals surface area (Å²) in [6, 6.07) is 0. The highest BCUT2D eigenvalue weighted by Crippen LogP contribution is 2.23. The topological polar surface area (TPSA) is 69.7 Å². The van der Waals surface area contributed by atoms with Crippen LogP contribution in [0.5, 0.6) is 0 Å². The maximum atomic E-state index is 11.7. The van der Waals surface area contributed by atoms with Gasteiger partial charge in [-0.3, -0.25) is 14.4 Å². The fourth-order valence-electron chi connectivity index (χ4n) is 3.42. The van der Waals surface area contributed by atoms with Crippen LogP contribution in [0, 0.1) is 11.8 Å². The van der Waals surface area contributed by atoms with E-state index >= 15 is 0 Å². The minimum atomic E-state index is -0.280. The van der Waals surface area contributed by atoms with Crippen LogP contribution in [0.25, 0.3) is 0 Å². The quantitative estimate of drug-likeness (QED) is 0.169. The Balaban J connectivity index is 4.16. The second-order valence-corrected chi connectivity index (χ2v) is 8.09. The molecule has 0 fully saturated rings. The molecule has 0 bridgehead atoms. The maximum absolute atomic E-state index is 11.7. The van der Waals surface area contributed by atoms with Gasteiger partial charge in [-0.2, -0.15) is 0 Å². The Kier molecular flexibility index (Phi) is 16.2. The summed E-state index contributed by atoms with van der Waals surface area (Å²) < 4.78 is 10.1. The van der Waals surface area contributed by atoms with Crippen molar-refractivity contribution in [1.29, 1.82) is 0 Å². The van der Waals surface area contributed by atoms with Crippen LogP contribution >= 0.6 is 11.6 Å². The molecule has 0 aromatic carbocycles. The number of unbranched alkanes of at least 4 members (excludes halogenated alkanes) is 4. The molecule has 6 heteroatoms. The van der Waals surface area contributed by atoms with Crippen LogP contribution in [-0.4, -0.2) is 30.4 Å². The van der Waals surface area contributed by atoms with Gasteiger partial charge in [0.2, 0.25) is 5.24 Å². The number of halogens is 1. The van der Waals surface area contributed by atoms with E-state index < -0.39 is 0 Å². The van der Waals surface area contributed by atoms with Gasteiger partial charge in [0.15, 0.2) is 0 Å². The lowest BCUT2D eigenvalue weighted by molar-refractivity contribution is -0.147. The first-order chi connectivity index (χ1) is 13.3. The largest absolute Gasteiger partial charge is 0.469 e. The van der Waals surface area contributed by atoms with Crippen LogP contribution in [-0.2, 0) is 23.9 Å². The summed E-state index contributed by atoms with van der Waals surface area (Å²) in [6.07, 6.45) is 10.9. The van der Waals surface area contributed by atoms with Crippen molar-refractivity contribution in [3.05, 3.63) is 0 Å². The van der Waals surface area contributed by atoms with E-state index in [2.05, 4.69) is 6.92 Å². The van der Waals surface area contributed by atoms with Gasteiger partial charge >= 0.3 is 11.9 Å². The van der Waals surface area contributed by atoms with Crippen LogP contribution in [0.15, 0.2) is 0 Å². The van der Waals surface area contributed by atoms with Crippen LogP contribution < -0.4 is 0 Å². The maximum Gasteiger partial charge on any atom is 0.308 e. The number of ether oxygens (including phenoxy) is 2. The molecule has 0 aromatic rings. The normalized spacial score (nSPS) is 14.2. The number of rotatable bonds is 17. The number of hydrogen-bond donors (Lipinski definition) is 0. The molecule has 0 amide bonds. The molecule has 0 aromatic heterocycles. The molecule has 5 nitrogen and oxygen atoms in total. The third-order valence-electron chi connectivity index (χ3n) is 5.16. The van der Waals surface area contributed by atoms with Crippen molar-refractivity contribution < 1.29 is 23.9 Å². The van der Waals surface area contributed by atoms with Crippen molar-refractivity contribution >= 4 is 28.8 Å². The molecule has 0 rings (SSSR count). The van der Waals surface area contributed by atoms with E-state index in [9.17, 15) is 14.4 Å². The van der Waals surface area contributed by atoms with E-state index in [4.69, 9.17) is 21.1 Å². The Morgan fingerprint density at radius 2 is 1.43 bits per heavy atom. The molecule has 3 atom stereocenters. The van der Waals surface area contributed by atoms with Gasteiger partial charge in [0.05, 0.1) is 13.0 Å². The minimum Gasteiger partial charge on any atom is -0.469 e. The van der Waals surface area contributed by atoms with Crippen molar-refractivity contribution in [2.45, 2.75) is 104 Å². The van der Waals surface area contributed by atoms with E-state index in [0.717, 1.165) is 77.0 Å². The van der Waals surface area contributed by atoms with Crippen LogP contribution in [0.4, 0.5) is 0 Å². The summed E-state index contributed by atoms with van der Waals surface area (Å²) in [4.78, 5) is 34.4. The number of carbonyl (C=O) groups is 3. The average molecular weight is 419 g/mol. The Labute approximate surface area is 175 Å². The lowest BCUT2D eigenvalue weighted by Crippen LogP contribution is -2.17. The first-order valence-corrected chi connectivity index (χ1v) is 11.1. The molecule has 0 N–H and O–H groups in total. The summed E-state index contributed by atoms with van der Waals surface area (Å²) >= 11 is 5.78. The summed E-state index contributed by atoms with van der Waals surface area (Å²) in [7, 11) is 1.41. The fourth-order valence-corrected chi connectivity index (χ4v) is 3.64. The van der Waals surface area contributed by atoms with E-state index in [1.165, 1.54) is 14.0 Å². The summed E-state index contributed by atoms with van der Waals surface area (Å²) in [5.74, 6) is -0.641. The van der Waals surface area contributed by atoms with Gasteiger partial charge in [-0.15, -0.1) is 0 Å². The second kappa shape index (κ2) is 16.8. The molecule has 0 saturated carbocycles. The third-order valence-corrected chi connectivity index (χ3v) is 5.46. The minimum absolute atomic E-state index is 0.0602. The molecule has 0 saturated heterocycles. The lowest BCUT2D eigenvalue weighted by atomic mass is 9.94. The van der Waals surface area contributed by atoms with Crippen molar-refractivity contribution in [1.82, 2.24) is 0 Å². The zero-order valence-corrected chi connectivity index (χ0v) is 18.9. The molecule has 0 aliphatic rings. The predicted molar refractivity (Wildman–Crippen MR) is 112 cm³/mol. The first-order valence-electron chi connectivity index (χ1n) is 10.8. The lowest BCUT2D eigenvalue weighted by Gasteiger charge is -2.18. The second-order valence-electron chi connectivity index (χ2n) is 7.72. The van der Waals surface area contributed by atoms with Crippen molar-refractivity contribution in [3.8, 4) is 0 Å². The van der Waals surface area contributed by atoms with Gasteiger partial charge in [-0.1, -0.05) is 46.0 Å². The smallest absolute Gasteiger partial charge is 0.308 e. The van der Waals surface area contributed by atoms with Gasteiger partial charge in [-0.25, -0.2) is 0 Å². The van der Waals surface area contributed by atoms with E-state index in [1.54, 1.807) is 0 Å². The van der Waals surface area contributed by atoms with Crippen molar-refractivity contribution in [2.75, 3.05) is 7.11 Å². The zero-order chi connectivity index (χ0) is 21.4. The molecular formula is C22H39ClO5. The molecule has 28 heavy (non-hydrogen) atoms. The average Bonchev–Trinajstić information content (AvgIpc) is 2.64. The van der Waals surface area contributed by atoms with Crippen LogP contribution in [0.1, 0.15) is 97.8 Å². The molecule has 0 heterocycles. The van der Waals surface area contributed by atoms with E-state index in [-0.39, 0.29) is 35.1 Å². The Bertz CT molecular complexity index is 452. The zero-order valence-electron chi connectivity index (χ0n) is 18.1. The summed E-state index contributed by atoms with van der Waals surface area (Å²) in [5.41, 5.74) is 0. The molecule has 0 radical (unpaired) electrons. The monoisotopic (exact) mass is 418 g/mol. The van der Waals surface area contributed by atoms with Gasteiger partial charge in [-0.05, 0) is 56.5 Å². The number of hydrogen-bond acceptors (Lipinski definition) is 5. The number of carbonyl (C=O) groups excluding carboxylic acids is 3. The van der Waals surface area contributed by atoms with Gasteiger partial charge in [0.25, 0.3) is 0 Å². The molecule has 3 unspecified atom stereocenters. The van der Waals surface area contributed by atoms with E-state index in [0.29, 0.717) is 0 Å². The van der Waals surface area contributed by atoms with Gasteiger partial charge in [0, 0.05) is 12.8 Å². The molecule has 0 aliphatic heterocycles.